The molecule has 0 heterocycles. The van der Waals surface area contributed by atoms with E-state index in [1.807, 2.05) is 6.92 Å². The number of hydrogen-bond donors (Lipinski definition) is 0. The van der Waals surface area contributed by atoms with Gasteiger partial charge in [-0.1, -0.05) is 51.0 Å². The molecule has 0 aliphatic heterocycles. The Labute approximate surface area is 94.0 Å². The fourth-order valence-electron chi connectivity index (χ4n) is 1.43. The molecule has 0 saturated heterocycles. The van der Waals surface area contributed by atoms with Crippen LogP contribution >= 0.6 is 0 Å². The molecule has 15 heavy (non-hydrogen) atoms. The summed E-state index contributed by atoms with van der Waals surface area (Å²) in [6.45, 7) is 6.72. The van der Waals surface area contributed by atoms with Gasteiger partial charge in [0.1, 0.15) is 0 Å². The molecular weight excluding hydrogens is 192 g/mol. The van der Waals surface area contributed by atoms with Gasteiger partial charge < -0.3 is 0 Å². The largest absolute Gasteiger partial charge is 0.206 e. The van der Waals surface area contributed by atoms with E-state index in [1.165, 1.54) is 32.1 Å². The second-order valence-electron chi connectivity index (χ2n) is 3.80. The van der Waals surface area contributed by atoms with Crippen molar-refractivity contribution in [1.82, 2.24) is 0 Å². The summed E-state index contributed by atoms with van der Waals surface area (Å²) in [5.41, 5.74) is 0. The summed E-state index contributed by atoms with van der Waals surface area (Å²) in [6, 6.07) is 0. The van der Waals surface area contributed by atoms with Crippen molar-refractivity contribution in [2.75, 3.05) is 6.61 Å². The van der Waals surface area contributed by atoms with Crippen LogP contribution in [0.25, 0.3) is 0 Å². The second-order valence-corrected chi connectivity index (χ2v) is 3.80. The summed E-state index contributed by atoms with van der Waals surface area (Å²) in [7, 11) is 0. The summed E-state index contributed by atoms with van der Waals surface area (Å²) in [4.78, 5) is 9.80. The Kier molecular flexibility index (Phi) is 11.9. The molecule has 0 amide bonds. The lowest BCUT2D eigenvalue weighted by atomic mass is 10.1. The van der Waals surface area contributed by atoms with Gasteiger partial charge in [-0.15, -0.1) is 0 Å². The van der Waals surface area contributed by atoms with E-state index in [4.69, 9.17) is 4.89 Å². The van der Waals surface area contributed by atoms with Gasteiger partial charge in [0.2, 0.25) is 0 Å². The van der Waals surface area contributed by atoms with Crippen molar-refractivity contribution in [3.05, 3.63) is 0 Å². The van der Waals surface area contributed by atoms with Crippen LogP contribution in [0.2, 0.25) is 0 Å². The van der Waals surface area contributed by atoms with Crippen LogP contribution in [0.3, 0.4) is 0 Å². The second kappa shape index (κ2) is 12.0. The highest BCUT2D eigenvalue weighted by Gasteiger charge is 2.07. The van der Waals surface area contributed by atoms with Gasteiger partial charge in [0.25, 0.3) is 0 Å². The van der Waals surface area contributed by atoms with E-state index in [2.05, 4.69) is 23.8 Å². The third-order valence-corrected chi connectivity index (χ3v) is 2.43. The molecule has 0 fully saturated rings. The molecule has 0 bridgehead atoms. The maximum atomic E-state index is 5.12. The molecular formula is C12H26O3. The molecule has 1 atom stereocenters. The van der Waals surface area contributed by atoms with E-state index in [0.717, 1.165) is 12.8 Å². The molecule has 3 nitrogen and oxygen atoms in total. The zero-order valence-electron chi connectivity index (χ0n) is 10.5. The monoisotopic (exact) mass is 218 g/mol. The van der Waals surface area contributed by atoms with Gasteiger partial charge >= 0.3 is 0 Å². The highest BCUT2D eigenvalue weighted by atomic mass is 17.5. The maximum absolute atomic E-state index is 5.12. The Morgan fingerprint density at radius 2 is 1.67 bits per heavy atom. The third kappa shape index (κ3) is 10.2. The lowest BCUT2D eigenvalue weighted by molar-refractivity contribution is -0.525. The minimum atomic E-state index is 0.179. The van der Waals surface area contributed by atoms with Crippen LogP contribution in [-0.4, -0.2) is 12.7 Å². The lowest BCUT2D eigenvalue weighted by Gasteiger charge is -2.12. The molecule has 0 rings (SSSR count). The van der Waals surface area contributed by atoms with Gasteiger partial charge in [-0.2, -0.15) is 0 Å². The van der Waals surface area contributed by atoms with Crippen molar-refractivity contribution in [2.45, 2.75) is 71.8 Å². The quantitative estimate of drug-likeness (QED) is 0.298. The first-order valence-corrected chi connectivity index (χ1v) is 6.30. The minimum Gasteiger partial charge on any atom is -0.206 e. The molecule has 0 saturated carbocycles. The SMILES string of the molecule is CCCCCCCC(CC)OOOCC. The lowest BCUT2D eigenvalue weighted by Crippen LogP contribution is -2.12. The van der Waals surface area contributed by atoms with Crippen LogP contribution in [0.4, 0.5) is 0 Å². The number of rotatable bonds is 11. The van der Waals surface area contributed by atoms with E-state index >= 15 is 0 Å². The predicted molar refractivity (Wildman–Crippen MR) is 61.3 cm³/mol. The van der Waals surface area contributed by atoms with E-state index in [1.54, 1.807) is 0 Å². The fraction of sp³-hybridized carbons (Fsp3) is 1.00. The fourth-order valence-corrected chi connectivity index (χ4v) is 1.43. The van der Waals surface area contributed by atoms with Crippen molar-refractivity contribution < 1.29 is 14.8 Å². The molecule has 3 heteroatoms. The van der Waals surface area contributed by atoms with Crippen LogP contribution < -0.4 is 0 Å². The molecule has 1 unspecified atom stereocenters. The van der Waals surface area contributed by atoms with Crippen molar-refractivity contribution >= 4 is 0 Å². The highest BCUT2D eigenvalue weighted by molar-refractivity contribution is 4.54. The summed E-state index contributed by atoms with van der Waals surface area (Å²) in [5.74, 6) is 0. The van der Waals surface area contributed by atoms with Crippen LogP contribution in [0, 0.1) is 0 Å². The minimum absolute atomic E-state index is 0.179. The van der Waals surface area contributed by atoms with Crippen molar-refractivity contribution in [3.8, 4) is 0 Å². The van der Waals surface area contributed by atoms with Gasteiger partial charge in [0.05, 0.1) is 12.7 Å². The van der Waals surface area contributed by atoms with Gasteiger partial charge in [0, 0.05) is 0 Å². The molecule has 0 aliphatic carbocycles. The first kappa shape index (κ1) is 14.9. The number of hydrogen-bond acceptors (Lipinski definition) is 3. The molecule has 0 aromatic rings. The van der Waals surface area contributed by atoms with Gasteiger partial charge in [-0.05, 0) is 19.8 Å². The molecule has 0 aliphatic rings. The van der Waals surface area contributed by atoms with Crippen molar-refractivity contribution in [1.29, 1.82) is 0 Å². The maximum Gasteiger partial charge on any atom is 0.0958 e. The van der Waals surface area contributed by atoms with E-state index in [-0.39, 0.29) is 6.10 Å². The molecule has 0 spiro atoms. The van der Waals surface area contributed by atoms with Crippen LogP contribution in [-0.2, 0) is 14.8 Å². The standard InChI is InChI=1S/C12H26O3/c1-4-7-8-9-10-11-12(5-2)14-15-13-6-3/h12H,4-11H2,1-3H3. The van der Waals surface area contributed by atoms with Crippen LogP contribution in [0.15, 0.2) is 0 Å². The zero-order chi connectivity index (χ0) is 11.4. The average molecular weight is 218 g/mol. The Balaban J connectivity index is 3.28. The first-order valence-electron chi connectivity index (χ1n) is 6.30. The Morgan fingerprint density at radius 3 is 2.27 bits per heavy atom. The normalized spacial score (nSPS) is 13.0. The summed E-state index contributed by atoms with van der Waals surface area (Å²) >= 11 is 0. The van der Waals surface area contributed by atoms with E-state index < -0.39 is 0 Å². The molecule has 0 aromatic carbocycles. The Hall–Kier alpha value is -0.120. The summed E-state index contributed by atoms with van der Waals surface area (Å²) < 4.78 is 0. The molecule has 0 aromatic heterocycles. The number of unbranched alkanes of at least 4 members (excludes halogenated alkanes) is 4. The molecule has 0 radical (unpaired) electrons. The predicted octanol–water partition coefficient (Wildman–Crippen LogP) is 4.03. The topological polar surface area (TPSA) is 27.7 Å². The van der Waals surface area contributed by atoms with Crippen molar-refractivity contribution in [3.63, 3.8) is 0 Å². The average Bonchev–Trinajstić information content (AvgIpc) is 2.26. The smallest absolute Gasteiger partial charge is 0.0958 e. The zero-order valence-corrected chi connectivity index (χ0v) is 10.5. The molecule has 92 valence electrons. The van der Waals surface area contributed by atoms with E-state index in [0.29, 0.717) is 6.61 Å². The van der Waals surface area contributed by atoms with Crippen LogP contribution in [0.5, 0.6) is 0 Å². The van der Waals surface area contributed by atoms with Gasteiger partial charge in [-0.25, -0.2) is 9.78 Å². The third-order valence-electron chi connectivity index (χ3n) is 2.43. The first-order chi connectivity index (χ1) is 7.35. The Morgan fingerprint density at radius 1 is 0.933 bits per heavy atom. The molecule has 0 N–H and O–H groups in total. The summed E-state index contributed by atoms with van der Waals surface area (Å²) in [5, 5.41) is 4.61. The highest BCUT2D eigenvalue weighted by Crippen LogP contribution is 2.12. The van der Waals surface area contributed by atoms with Crippen LogP contribution in [0.1, 0.15) is 65.7 Å². The van der Waals surface area contributed by atoms with Gasteiger partial charge in [-0.3, -0.25) is 0 Å². The Bertz CT molecular complexity index is 117. The van der Waals surface area contributed by atoms with Gasteiger partial charge in [0.15, 0.2) is 0 Å². The van der Waals surface area contributed by atoms with E-state index in [9.17, 15) is 0 Å². The summed E-state index contributed by atoms with van der Waals surface area (Å²) in [6.07, 6.45) is 8.69. The van der Waals surface area contributed by atoms with Crippen molar-refractivity contribution in [2.24, 2.45) is 0 Å².